The third-order valence-electron chi connectivity index (χ3n) is 4.54. The summed E-state index contributed by atoms with van der Waals surface area (Å²) in [5.74, 6) is -0.898. The van der Waals surface area contributed by atoms with Gasteiger partial charge in [0.15, 0.2) is 0 Å². The van der Waals surface area contributed by atoms with E-state index in [0.717, 1.165) is 24.6 Å². The van der Waals surface area contributed by atoms with Gasteiger partial charge in [-0.2, -0.15) is 0 Å². The maximum Gasteiger partial charge on any atom is 1.00 e. The van der Waals surface area contributed by atoms with Gasteiger partial charge in [-0.05, 0) is 37.1 Å². The van der Waals surface area contributed by atoms with Crippen LogP contribution in [0.3, 0.4) is 0 Å². The number of alkyl halides is 1. The van der Waals surface area contributed by atoms with Crippen LogP contribution in [0.2, 0.25) is 0 Å². The number of carbonyl (C=O) groups is 4. The van der Waals surface area contributed by atoms with Crippen molar-refractivity contribution in [3.05, 3.63) is 70.8 Å². The van der Waals surface area contributed by atoms with Gasteiger partial charge >= 0.3 is 51.4 Å². The Bertz CT molecular complexity index is 886. The second-order valence-corrected chi connectivity index (χ2v) is 7.18. The Morgan fingerprint density at radius 2 is 1.17 bits per heavy atom. The number of fused-ring (bicyclic) bond motifs is 2. The van der Waals surface area contributed by atoms with Crippen molar-refractivity contribution in [3.8, 4) is 0 Å². The molecule has 2 aromatic rings. The zero-order valence-electron chi connectivity index (χ0n) is 17.1. The van der Waals surface area contributed by atoms with Crippen LogP contribution in [0.5, 0.6) is 0 Å². The van der Waals surface area contributed by atoms with Gasteiger partial charge in [0, 0.05) is 11.9 Å². The van der Waals surface area contributed by atoms with E-state index in [1.807, 2.05) is 0 Å². The van der Waals surface area contributed by atoms with E-state index in [0.29, 0.717) is 28.8 Å². The van der Waals surface area contributed by atoms with Crippen molar-refractivity contribution >= 4 is 39.6 Å². The van der Waals surface area contributed by atoms with Crippen LogP contribution in [0.15, 0.2) is 48.5 Å². The van der Waals surface area contributed by atoms with E-state index in [9.17, 15) is 19.2 Å². The first-order valence-electron chi connectivity index (χ1n) is 9.00. The molecule has 8 heteroatoms. The number of unbranched alkanes of at least 4 members (excludes halogenated alkanes) is 2. The Morgan fingerprint density at radius 3 is 1.62 bits per heavy atom. The molecule has 0 unspecified atom stereocenters. The van der Waals surface area contributed by atoms with E-state index in [2.05, 4.69) is 21.2 Å². The average Bonchev–Trinajstić information content (AvgIpc) is 3.14. The third-order valence-corrected chi connectivity index (χ3v) is 5.10. The number of carbonyl (C=O) groups excluding carboxylic acids is 4. The average molecular weight is 483 g/mol. The van der Waals surface area contributed by atoms with Crippen LogP contribution >= 0.6 is 15.9 Å². The van der Waals surface area contributed by atoms with E-state index in [-0.39, 0.29) is 76.4 Å². The van der Waals surface area contributed by atoms with Crippen LogP contribution in [0.4, 0.5) is 0 Å². The Labute approximate surface area is 221 Å². The molecule has 0 aromatic heterocycles. The zero-order chi connectivity index (χ0) is 20.1. The quantitative estimate of drug-likeness (QED) is 0.291. The van der Waals surface area contributed by atoms with Crippen molar-refractivity contribution in [1.29, 1.82) is 0 Å². The van der Waals surface area contributed by atoms with Gasteiger partial charge in [0.05, 0.1) is 22.3 Å². The normalized spacial score (nSPS) is 13.9. The monoisotopic (exact) mass is 482 g/mol. The summed E-state index contributed by atoms with van der Waals surface area (Å²) < 4.78 is 0. The molecule has 29 heavy (non-hydrogen) atoms. The van der Waals surface area contributed by atoms with Crippen molar-refractivity contribution < 1.29 is 72.0 Å². The Balaban J connectivity index is 0.000000302. The molecule has 0 spiro atoms. The summed E-state index contributed by atoms with van der Waals surface area (Å²) in [7, 11) is 0. The zero-order valence-corrected chi connectivity index (χ0v) is 20.8. The standard InChI is InChI=1S/C13H14BrNO2.C8H5NO2.K.H/c14-8-4-1-5-9-15-12(16)10-6-2-3-7-11(10)13(15)17;10-7-5-3-1-2-4-6(5)8(11)9-7;;/h2-3,6-7H,1,4-5,8-9H2;1-4H,(H,9,10,11);;/q;;+1;-1. The van der Waals surface area contributed by atoms with Crippen molar-refractivity contribution in [2.24, 2.45) is 0 Å². The molecule has 0 fully saturated rings. The van der Waals surface area contributed by atoms with Crippen molar-refractivity contribution in [3.63, 3.8) is 0 Å². The van der Waals surface area contributed by atoms with Crippen molar-refractivity contribution in [2.75, 3.05) is 11.9 Å². The first-order chi connectivity index (χ1) is 13.5. The summed E-state index contributed by atoms with van der Waals surface area (Å²) in [5, 5.41) is 3.17. The molecule has 2 aromatic carbocycles. The summed E-state index contributed by atoms with van der Waals surface area (Å²) in [6, 6.07) is 13.7. The maximum absolute atomic E-state index is 12.0. The molecule has 4 rings (SSSR count). The number of amides is 4. The minimum absolute atomic E-state index is 0. The molecular formula is C21H20BrKN2O4. The molecule has 2 aliphatic rings. The SMILES string of the molecule is O=C1NC(=O)c2ccccc21.O=C1c2ccccc2C(=O)N1CCCCCBr.[H-].[K+]. The van der Waals surface area contributed by atoms with E-state index in [1.165, 1.54) is 4.90 Å². The fourth-order valence-electron chi connectivity index (χ4n) is 3.10. The van der Waals surface area contributed by atoms with E-state index >= 15 is 0 Å². The Kier molecular flexibility index (Phi) is 9.38. The summed E-state index contributed by atoms with van der Waals surface area (Å²) in [5.41, 5.74) is 2.02. The minimum atomic E-state index is -0.300. The van der Waals surface area contributed by atoms with Gasteiger partial charge in [-0.1, -0.05) is 46.6 Å². The Hall–Kier alpha value is -1.16. The molecule has 2 aliphatic heterocycles. The number of hydrogen-bond donors (Lipinski definition) is 1. The Morgan fingerprint density at radius 1 is 0.724 bits per heavy atom. The molecule has 0 bridgehead atoms. The number of benzene rings is 2. The second kappa shape index (κ2) is 11.3. The van der Waals surface area contributed by atoms with Crippen molar-refractivity contribution in [1.82, 2.24) is 10.2 Å². The number of nitrogens with one attached hydrogen (secondary N) is 1. The predicted molar refractivity (Wildman–Crippen MR) is 109 cm³/mol. The van der Waals surface area contributed by atoms with E-state index in [4.69, 9.17) is 0 Å². The summed E-state index contributed by atoms with van der Waals surface area (Å²) >= 11 is 3.36. The molecule has 0 saturated heterocycles. The van der Waals surface area contributed by atoms with E-state index < -0.39 is 0 Å². The van der Waals surface area contributed by atoms with Gasteiger partial charge in [0.1, 0.15) is 0 Å². The van der Waals surface area contributed by atoms with Gasteiger partial charge in [0.2, 0.25) is 0 Å². The van der Waals surface area contributed by atoms with Gasteiger partial charge < -0.3 is 1.43 Å². The summed E-state index contributed by atoms with van der Waals surface area (Å²) in [6.45, 7) is 0.527. The number of imide groups is 2. The molecule has 0 radical (unpaired) electrons. The molecule has 2 heterocycles. The molecule has 0 aliphatic carbocycles. The van der Waals surface area contributed by atoms with Crippen LogP contribution < -0.4 is 56.7 Å². The number of hydrogen-bond acceptors (Lipinski definition) is 4. The first-order valence-corrected chi connectivity index (χ1v) is 10.1. The van der Waals surface area contributed by atoms with Crippen molar-refractivity contribution in [2.45, 2.75) is 19.3 Å². The molecule has 4 amide bonds. The second-order valence-electron chi connectivity index (χ2n) is 6.39. The minimum Gasteiger partial charge on any atom is -1.00 e. The summed E-state index contributed by atoms with van der Waals surface area (Å²) in [4.78, 5) is 47.2. The maximum atomic E-state index is 12.0. The fourth-order valence-corrected chi connectivity index (χ4v) is 3.50. The topological polar surface area (TPSA) is 83.5 Å². The van der Waals surface area contributed by atoms with Crippen LogP contribution in [0, 0.1) is 0 Å². The van der Waals surface area contributed by atoms with Crippen LogP contribution in [-0.2, 0) is 0 Å². The summed E-state index contributed by atoms with van der Waals surface area (Å²) in [6.07, 6.45) is 2.97. The number of nitrogens with zero attached hydrogens (tertiary/aromatic N) is 1. The van der Waals surface area contributed by atoms with E-state index in [1.54, 1.807) is 48.5 Å². The number of rotatable bonds is 5. The molecule has 6 nitrogen and oxygen atoms in total. The van der Waals surface area contributed by atoms with Gasteiger partial charge in [-0.3, -0.25) is 29.4 Å². The molecule has 0 saturated carbocycles. The van der Waals surface area contributed by atoms with Crippen LogP contribution in [-0.4, -0.2) is 40.4 Å². The van der Waals surface area contributed by atoms with Gasteiger partial charge in [-0.25, -0.2) is 0 Å². The fraction of sp³-hybridized carbons (Fsp3) is 0.238. The van der Waals surface area contributed by atoms with Crippen LogP contribution in [0.25, 0.3) is 0 Å². The first kappa shape index (κ1) is 24.1. The molecule has 146 valence electrons. The third kappa shape index (κ3) is 5.51. The predicted octanol–water partition coefficient (Wildman–Crippen LogP) is 0.534. The van der Waals surface area contributed by atoms with Gasteiger partial charge in [-0.15, -0.1) is 0 Å². The molecular weight excluding hydrogens is 463 g/mol. The largest absolute Gasteiger partial charge is 1.00 e. The van der Waals surface area contributed by atoms with Crippen LogP contribution in [0.1, 0.15) is 62.1 Å². The van der Waals surface area contributed by atoms with Gasteiger partial charge in [0.25, 0.3) is 23.6 Å². The smallest absolute Gasteiger partial charge is 1.00 e. The molecule has 0 atom stereocenters. The number of halogens is 1. The molecule has 1 N–H and O–H groups in total.